The minimum atomic E-state index is 0.435. The van der Waals surface area contributed by atoms with E-state index in [1.807, 2.05) is 20.9 Å². The second-order valence-corrected chi connectivity index (χ2v) is 7.14. The Bertz CT molecular complexity index is 834. The summed E-state index contributed by atoms with van der Waals surface area (Å²) < 4.78 is 0. The number of anilines is 1. The summed E-state index contributed by atoms with van der Waals surface area (Å²) in [5.41, 5.74) is 6.97. The van der Waals surface area contributed by atoms with Crippen LogP contribution in [0.3, 0.4) is 0 Å². The van der Waals surface area contributed by atoms with E-state index < -0.39 is 0 Å². The van der Waals surface area contributed by atoms with Crippen molar-refractivity contribution in [2.75, 3.05) is 25.5 Å². The van der Waals surface area contributed by atoms with Crippen LogP contribution < -0.4 is 10.6 Å². The van der Waals surface area contributed by atoms with E-state index in [0.29, 0.717) is 6.04 Å². The van der Waals surface area contributed by atoms with Crippen molar-refractivity contribution in [1.82, 2.24) is 5.32 Å². The van der Waals surface area contributed by atoms with E-state index in [1.54, 1.807) is 0 Å². The molecule has 0 spiro atoms. The van der Waals surface area contributed by atoms with Crippen molar-refractivity contribution < 1.29 is 0 Å². The van der Waals surface area contributed by atoms with Crippen molar-refractivity contribution in [2.24, 2.45) is 9.98 Å². The normalized spacial score (nSPS) is 20.3. The summed E-state index contributed by atoms with van der Waals surface area (Å²) in [5, 5.41) is 6.87. The van der Waals surface area contributed by atoms with Gasteiger partial charge in [0.05, 0.1) is 17.6 Å². The summed E-state index contributed by atoms with van der Waals surface area (Å²) in [4.78, 5) is 9.18. The summed E-state index contributed by atoms with van der Waals surface area (Å²) in [6.45, 7) is 12.4. The summed E-state index contributed by atoms with van der Waals surface area (Å²) >= 11 is 0. The molecule has 1 aromatic rings. The molecule has 0 atom stereocenters. The number of allylic oxidation sites excluding steroid dienone is 6. The maximum atomic E-state index is 4.85. The molecule has 1 heterocycles. The average molecular weight is 393 g/mol. The zero-order valence-electron chi connectivity index (χ0n) is 18.8. The van der Waals surface area contributed by atoms with Crippen LogP contribution >= 0.6 is 0 Å². The van der Waals surface area contributed by atoms with Gasteiger partial charge in [0.1, 0.15) is 0 Å². The summed E-state index contributed by atoms with van der Waals surface area (Å²) in [6.07, 6.45) is 10.8. The van der Waals surface area contributed by atoms with Crippen molar-refractivity contribution in [3.8, 4) is 0 Å². The Labute approximate surface area is 176 Å². The van der Waals surface area contributed by atoms with Gasteiger partial charge < -0.3 is 10.6 Å². The van der Waals surface area contributed by atoms with E-state index >= 15 is 0 Å². The van der Waals surface area contributed by atoms with E-state index in [-0.39, 0.29) is 0 Å². The lowest BCUT2D eigenvalue weighted by atomic mass is 9.94. The molecule has 0 radical (unpaired) electrons. The first-order chi connectivity index (χ1) is 14.1. The van der Waals surface area contributed by atoms with E-state index in [1.165, 1.54) is 22.3 Å². The number of piperidine rings is 1. The van der Waals surface area contributed by atoms with Gasteiger partial charge in [-0.2, -0.15) is 0 Å². The number of aliphatic imine (C=N–C) groups is 2. The van der Waals surface area contributed by atoms with Gasteiger partial charge in [-0.1, -0.05) is 32.1 Å². The molecular formula is C25H36N4. The van der Waals surface area contributed by atoms with Crippen LogP contribution in [0.25, 0.3) is 5.57 Å². The molecule has 0 unspecified atom stereocenters. The van der Waals surface area contributed by atoms with Crippen molar-refractivity contribution in [3.63, 3.8) is 0 Å². The smallest absolute Gasteiger partial charge is 0.0979 e. The summed E-state index contributed by atoms with van der Waals surface area (Å²) in [5.74, 6) is 0.995. The zero-order chi connectivity index (χ0) is 21.2. The van der Waals surface area contributed by atoms with E-state index in [9.17, 15) is 0 Å². The van der Waals surface area contributed by atoms with Crippen LogP contribution in [-0.2, 0) is 0 Å². The van der Waals surface area contributed by atoms with Crippen LogP contribution in [0, 0.1) is 6.92 Å². The molecule has 156 valence electrons. The van der Waals surface area contributed by atoms with Crippen LogP contribution in [0.15, 0.2) is 58.1 Å². The van der Waals surface area contributed by atoms with Crippen LogP contribution in [0.2, 0.25) is 0 Å². The lowest BCUT2D eigenvalue weighted by Crippen LogP contribution is -2.30. The second-order valence-electron chi connectivity index (χ2n) is 7.14. The van der Waals surface area contributed by atoms with Gasteiger partial charge in [0, 0.05) is 12.7 Å². The molecule has 0 aromatic heterocycles. The molecule has 1 aliphatic heterocycles. The number of amidine groups is 1. The Hall–Kier alpha value is -2.46. The molecule has 2 N–H and O–H groups in total. The molecular weight excluding hydrogens is 356 g/mol. The summed E-state index contributed by atoms with van der Waals surface area (Å²) in [7, 11) is 1.83. The second kappa shape index (κ2) is 11.5. The lowest BCUT2D eigenvalue weighted by Gasteiger charge is -2.20. The average Bonchev–Trinajstić information content (AvgIpc) is 2.76. The van der Waals surface area contributed by atoms with Crippen LogP contribution in [0.4, 0.5) is 5.69 Å². The highest BCUT2D eigenvalue weighted by Gasteiger charge is 2.13. The monoisotopic (exact) mass is 392 g/mol. The first kappa shape index (κ1) is 22.8. The molecule has 0 saturated carbocycles. The Balaban J connectivity index is 0.00000145. The standard InChI is InChI=1S/C23H30N4.C2H6/c1-5-18-15-20(7-9-23(18)24-4)19-6-8-22(16(2)14-19)27-17(3)26-21-10-12-25-13-11-21;1-2/h5-9,14-15,21,25H,10-13H2,1-4H3,(H,26,27);1-2H3/b18-5-,24-23?;. The molecule has 1 fully saturated rings. The molecule has 1 aliphatic carbocycles. The molecule has 3 rings (SSSR count). The molecule has 1 aromatic carbocycles. The molecule has 0 amide bonds. The van der Waals surface area contributed by atoms with Crippen molar-refractivity contribution in [1.29, 1.82) is 0 Å². The van der Waals surface area contributed by atoms with Gasteiger partial charge in [0.2, 0.25) is 0 Å². The third-order valence-corrected chi connectivity index (χ3v) is 5.14. The minimum Gasteiger partial charge on any atom is -0.344 e. The topological polar surface area (TPSA) is 48.8 Å². The predicted molar refractivity (Wildman–Crippen MR) is 129 cm³/mol. The maximum absolute atomic E-state index is 4.85. The van der Waals surface area contributed by atoms with Crippen molar-refractivity contribution >= 4 is 22.8 Å². The highest BCUT2D eigenvalue weighted by molar-refractivity contribution is 6.14. The largest absolute Gasteiger partial charge is 0.344 e. The predicted octanol–water partition coefficient (Wildman–Crippen LogP) is 5.57. The van der Waals surface area contributed by atoms with Crippen molar-refractivity contribution in [2.45, 2.75) is 53.5 Å². The minimum absolute atomic E-state index is 0.435. The number of nitrogens with one attached hydrogen (secondary N) is 2. The number of rotatable bonds is 3. The quantitative estimate of drug-likeness (QED) is 0.521. The zero-order valence-corrected chi connectivity index (χ0v) is 18.8. The van der Waals surface area contributed by atoms with E-state index in [0.717, 1.165) is 43.2 Å². The Kier molecular flexibility index (Phi) is 9.07. The number of hydrogen-bond acceptors (Lipinski definition) is 3. The van der Waals surface area contributed by atoms with Crippen LogP contribution in [0.1, 0.15) is 51.7 Å². The molecule has 1 saturated heterocycles. The number of benzene rings is 1. The third-order valence-electron chi connectivity index (χ3n) is 5.14. The SMILES string of the molecule is C/C=C1/C=C(c2ccc(NC(C)=NC3CCNCC3)c(C)c2)C=CC1=NC.CC. The Morgan fingerprint density at radius 1 is 1.17 bits per heavy atom. The fourth-order valence-corrected chi connectivity index (χ4v) is 3.59. The number of nitrogens with zero attached hydrogens (tertiary/aromatic N) is 2. The Morgan fingerprint density at radius 3 is 2.52 bits per heavy atom. The fraction of sp³-hybridized carbons (Fsp3) is 0.440. The molecule has 4 nitrogen and oxygen atoms in total. The third kappa shape index (κ3) is 6.26. The number of hydrogen-bond donors (Lipinski definition) is 2. The lowest BCUT2D eigenvalue weighted by molar-refractivity contribution is 0.460. The van der Waals surface area contributed by atoms with Crippen molar-refractivity contribution in [3.05, 3.63) is 59.2 Å². The first-order valence-corrected chi connectivity index (χ1v) is 10.8. The molecule has 2 aliphatic rings. The fourth-order valence-electron chi connectivity index (χ4n) is 3.59. The molecule has 0 bridgehead atoms. The Morgan fingerprint density at radius 2 is 1.90 bits per heavy atom. The van der Waals surface area contributed by atoms with Gasteiger partial charge in [-0.25, -0.2) is 0 Å². The highest BCUT2D eigenvalue weighted by atomic mass is 15.0. The van der Waals surface area contributed by atoms with Gasteiger partial charge in [-0.15, -0.1) is 0 Å². The van der Waals surface area contributed by atoms with E-state index in [2.05, 4.69) is 78.9 Å². The highest BCUT2D eigenvalue weighted by Crippen LogP contribution is 2.27. The summed E-state index contributed by atoms with van der Waals surface area (Å²) in [6, 6.07) is 6.99. The number of aryl methyl sites for hydroxylation is 1. The van der Waals surface area contributed by atoms with Gasteiger partial charge in [-0.05, 0) is 93.3 Å². The molecule has 4 heteroatoms. The van der Waals surface area contributed by atoms with Crippen LogP contribution in [0.5, 0.6) is 0 Å². The first-order valence-electron chi connectivity index (χ1n) is 10.8. The molecule has 29 heavy (non-hydrogen) atoms. The van der Waals surface area contributed by atoms with Crippen LogP contribution in [-0.4, -0.2) is 37.7 Å². The van der Waals surface area contributed by atoms with Gasteiger partial charge in [0.25, 0.3) is 0 Å². The van der Waals surface area contributed by atoms with Gasteiger partial charge in [0.15, 0.2) is 0 Å². The van der Waals surface area contributed by atoms with Gasteiger partial charge in [-0.3, -0.25) is 9.98 Å². The van der Waals surface area contributed by atoms with E-state index in [4.69, 9.17) is 4.99 Å². The van der Waals surface area contributed by atoms with Gasteiger partial charge >= 0.3 is 0 Å². The maximum Gasteiger partial charge on any atom is 0.0979 e.